The van der Waals surface area contributed by atoms with Crippen LogP contribution in [0.4, 0.5) is 17.6 Å². The van der Waals surface area contributed by atoms with Gasteiger partial charge in [-0.2, -0.15) is 18.4 Å². The molecule has 2 aromatic carbocycles. The summed E-state index contributed by atoms with van der Waals surface area (Å²) in [6.45, 7) is 1.57. The van der Waals surface area contributed by atoms with Gasteiger partial charge in [0.05, 0.1) is 11.6 Å². The average Bonchev–Trinajstić information content (AvgIpc) is 3.11. The topological polar surface area (TPSA) is 128 Å². The summed E-state index contributed by atoms with van der Waals surface area (Å²) in [4.78, 5) is 27.8. The monoisotopic (exact) mass is 532 g/mol. The minimum Gasteiger partial charge on any atom is -0.475 e. The van der Waals surface area contributed by atoms with Gasteiger partial charge in [0.2, 0.25) is 0 Å². The molecule has 0 saturated carbocycles. The number of aromatic amines is 1. The Morgan fingerprint density at radius 2 is 1.91 bits per heavy atom. The number of aromatic nitrogens is 2. The second kappa shape index (κ2) is 11.5. The maximum Gasteiger partial charge on any atom is 0.490 e. The largest absolute Gasteiger partial charge is 0.490 e. The Labute approximate surface area is 205 Å². The number of rotatable bonds is 5. The number of alkyl halides is 3. The third-order valence-corrected chi connectivity index (χ3v) is 4.44. The first-order valence-electron chi connectivity index (χ1n) is 9.28. The molecule has 0 saturated heterocycles. The van der Waals surface area contributed by atoms with Crippen molar-refractivity contribution in [3.8, 4) is 17.6 Å². The fraction of sp³-hybridized carbons (Fsp3) is 0.143. The Balaban J connectivity index is 0.000000540. The fourth-order valence-corrected chi connectivity index (χ4v) is 2.95. The van der Waals surface area contributed by atoms with E-state index in [2.05, 4.69) is 15.3 Å². The van der Waals surface area contributed by atoms with Crippen molar-refractivity contribution in [3.05, 3.63) is 75.0 Å². The number of nitrogens with zero attached hydrogens (tertiary/aromatic N) is 2. The third-order valence-electron chi connectivity index (χ3n) is 3.95. The first-order chi connectivity index (χ1) is 16.3. The van der Waals surface area contributed by atoms with E-state index in [0.29, 0.717) is 10.8 Å². The zero-order chi connectivity index (χ0) is 26.3. The molecule has 3 aromatic rings. The molecule has 0 spiro atoms. The Morgan fingerprint density at radius 1 is 1.26 bits per heavy atom. The predicted molar refractivity (Wildman–Crippen MR) is 116 cm³/mol. The SMILES string of the molecule is Cc1nc(C(=O)NCc2cccc(Oc3cc(Cl)cc(C#N)c3)c2F)c(Cl)[nH]1.O=C(O)C(F)(F)F. The number of aryl methyl sites for hydroxylation is 1. The lowest BCUT2D eigenvalue weighted by Gasteiger charge is -2.11. The van der Waals surface area contributed by atoms with Crippen molar-refractivity contribution in [1.29, 1.82) is 5.26 Å². The Hall–Kier alpha value is -3.82. The van der Waals surface area contributed by atoms with E-state index in [0.717, 1.165) is 0 Å². The highest BCUT2D eigenvalue weighted by Gasteiger charge is 2.38. The molecule has 0 fully saturated rings. The number of ether oxygens (including phenoxy) is 1. The molecule has 1 aromatic heterocycles. The maximum atomic E-state index is 14.8. The van der Waals surface area contributed by atoms with Crippen molar-refractivity contribution in [1.82, 2.24) is 15.3 Å². The van der Waals surface area contributed by atoms with E-state index >= 15 is 0 Å². The van der Waals surface area contributed by atoms with Crippen molar-refractivity contribution < 1.29 is 37.0 Å². The van der Waals surface area contributed by atoms with Crippen LogP contribution in [-0.4, -0.2) is 33.1 Å². The fourth-order valence-electron chi connectivity index (χ4n) is 2.46. The Bertz CT molecular complexity index is 1290. The number of carbonyl (C=O) groups is 2. The molecule has 0 aliphatic rings. The summed E-state index contributed by atoms with van der Waals surface area (Å²) in [5, 5.41) is 19.1. The average molecular weight is 533 g/mol. The number of halogens is 6. The maximum absolute atomic E-state index is 14.8. The number of nitriles is 1. The number of benzene rings is 2. The van der Waals surface area contributed by atoms with Crippen LogP contribution >= 0.6 is 23.2 Å². The molecule has 14 heteroatoms. The highest BCUT2D eigenvalue weighted by Crippen LogP contribution is 2.29. The number of carboxylic acid groups (broad SMARTS) is 1. The molecule has 0 aliphatic carbocycles. The molecule has 3 rings (SSSR count). The number of nitrogens with one attached hydrogen (secondary N) is 2. The first kappa shape index (κ1) is 27.4. The zero-order valence-corrected chi connectivity index (χ0v) is 19.0. The summed E-state index contributed by atoms with van der Waals surface area (Å²) in [6, 6.07) is 10.9. The van der Waals surface area contributed by atoms with Gasteiger partial charge in [0.1, 0.15) is 16.7 Å². The van der Waals surface area contributed by atoms with Crippen LogP contribution in [0.3, 0.4) is 0 Å². The first-order valence-corrected chi connectivity index (χ1v) is 10.0. The van der Waals surface area contributed by atoms with Gasteiger partial charge in [-0.05, 0) is 31.2 Å². The summed E-state index contributed by atoms with van der Waals surface area (Å²) in [5.41, 5.74) is 0.532. The Kier molecular flexibility index (Phi) is 9.05. The van der Waals surface area contributed by atoms with Crippen molar-refractivity contribution in [3.63, 3.8) is 0 Å². The lowest BCUT2D eigenvalue weighted by atomic mass is 10.2. The van der Waals surface area contributed by atoms with Crippen LogP contribution in [0.25, 0.3) is 0 Å². The molecule has 0 atom stereocenters. The summed E-state index contributed by atoms with van der Waals surface area (Å²) >= 11 is 11.8. The number of hydrogen-bond donors (Lipinski definition) is 3. The van der Waals surface area contributed by atoms with Crippen LogP contribution in [0.15, 0.2) is 36.4 Å². The number of imidazole rings is 1. The van der Waals surface area contributed by atoms with E-state index in [9.17, 15) is 22.4 Å². The smallest absolute Gasteiger partial charge is 0.475 e. The number of amides is 1. The van der Waals surface area contributed by atoms with Gasteiger partial charge in [0.15, 0.2) is 17.3 Å². The normalized spacial score (nSPS) is 10.6. The number of H-pyrrole nitrogens is 1. The van der Waals surface area contributed by atoms with Crippen molar-refractivity contribution in [2.45, 2.75) is 19.6 Å². The second-order valence-electron chi connectivity index (χ2n) is 6.59. The molecular weight excluding hydrogens is 519 g/mol. The van der Waals surface area contributed by atoms with Crippen LogP contribution in [0.5, 0.6) is 11.5 Å². The molecule has 1 heterocycles. The van der Waals surface area contributed by atoms with E-state index in [-0.39, 0.29) is 40.0 Å². The molecular formula is C21H14Cl2F4N4O4. The van der Waals surface area contributed by atoms with E-state index in [1.807, 2.05) is 6.07 Å². The van der Waals surface area contributed by atoms with Crippen LogP contribution in [-0.2, 0) is 11.3 Å². The number of hydrogen-bond acceptors (Lipinski definition) is 5. The van der Waals surface area contributed by atoms with E-state index in [4.69, 9.17) is 43.1 Å². The van der Waals surface area contributed by atoms with Gasteiger partial charge in [-0.25, -0.2) is 14.2 Å². The van der Waals surface area contributed by atoms with Crippen LogP contribution in [0, 0.1) is 24.1 Å². The third kappa shape index (κ3) is 7.87. The molecule has 8 nitrogen and oxygen atoms in total. The van der Waals surface area contributed by atoms with E-state index in [1.54, 1.807) is 13.0 Å². The number of carboxylic acids is 1. The van der Waals surface area contributed by atoms with Crippen LogP contribution in [0.2, 0.25) is 10.2 Å². The van der Waals surface area contributed by atoms with Gasteiger partial charge in [-0.15, -0.1) is 0 Å². The lowest BCUT2D eigenvalue weighted by Crippen LogP contribution is -2.24. The number of carbonyl (C=O) groups excluding carboxylic acids is 1. The quantitative estimate of drug-likeness (QED) is 0.378. The molecule has 0 radical (unpaired) electrons. The summed E-state index contributed by atoms with van der Waals surface area (Å²) < 4.78 is 52.0. The minimum absolute atomic E-state index is 0.0370. The van der Waals surface area contributed by atoms with Crippen molar-refractivity contribution in [2.75, 3.05) is 0 Å². The highest BCUT2D eigenvalue weighted by atomic mass is 35.5. The predicted octanol–water partition coefficient (Wildman–Crippen LogP) is 5.39. The zero-order valence-electron chi connectivity index (χ0n) is 17.5. The van der Waals surface area contributed by atoms with Crippen LogP contribution in [0.1, 0.15) is 27.4 Å². The van der Waals surface area contributed by atoms with E-state index < -0.39 is 23.9 Å². The Morgan fingerprint density at radius 3 is 2.46 bits per heavy atom. The molecule has 35 heavy (non-hydrogen) atoms. The molecule has 1 amide bonds. The van der Waals surface area contributed by atoms with Gasteiger partial charge in [-0.3, -0.25) is 4.79 Å². The molecule has 184 valence electrons. The number of aliphatic carboxylic acids is 1. The molecule has 0 aliphatic heterocycles. The summed E-state index contributed by atoms with van der Waals surface area (Å²) in [6.07, 6.45) is -5.08. The standard InChI is InChI=1S/C19H13Cl2FN4O2.C2HF3O2/c1-10-25-17(18(21)26-10)19(27)24-9-12-3-2-4-15(16(12)22)28-14-6-11(8-23)5-13(20)7-14;3-2(4,5)1(6)7/h2-7H,9H2,1H3,(H,24,27)(H,25,26);(H,6,7). The molecule has 3 N–H and O–H groups in total. The van der Waals surface area contributed by atoms with Crippen molar-refractivity contribution in [2.24, 2.45) is 0 Å². The highest BCUT2D eigenvalue weighted by molar-refractivity contribution is 6.32. The summed E-state index contributed by atoms with van der Waals surface area (Å²) in [7, 11) is 0. The van der Waals surface area contributed by atoms with Gasteiger partial charge in [-0.1, -0.05) is 35.3 Å². The van der Waals surface area contributed by atoms with Gasteiger partial charge < -0.3 is 20.1 Å². The minimum atomic E-state index is -5.08. The van der Waals surface area contributed by atoms with Crippen LogP contribution < -0.4 is 10.1 Å². The van der Waals surface area contributed by atoms with Gasteiger partial charge in [0.25, 0.3) is 5.91 Å². The summed E-state index contributed by atoms with van der Waals surface area (Å²) in [5.74, 6) is -3.28. The van der Waals surface area contributed by atoms with Gasteiger partial charge in [0, 0.05) is 17.1 Å². The van der Waals surface area contributed by atoms with Gasteiger partial charge >= 0.3 is 12.1 Å². The lowest BCUT2D eigenvalue weighted by molar-refractivity contribution is -0.192. The molecule has 0 bridgehead atoms. The van der Waals surface area contributed by atoms with E-state index in [1.165, 1.54) is 30.3 Å². The second-order valence-corrected chi connectivity index (χ2v) is 7.40. The van der Waals surface area contributed by atoms with Crippen molar-refractivity contribution >= 4 is 35.1 Å². The molecule has 0 unspecified atom stereocenters.